The van der Waals surface area contributed by atoms with Crippen LogP contribution in [0.15, 0.2) is 42.0 Å². The molecule has 3 atom stereocenters. The van der Waals surface area contributed by atoms with Crippen LogP contribution in [0.3, 0.4) is 0 Å². The topological polar surface area (TPSA) is 75.7 Å². The minimum atomic E-state index is -0.643. The maximum Gasteiger partial charge on any atom is 0.333 e. The summed E-state index contributed by atoms with van der Waals surface area (Å²) in [4.78, 5) is 40.5. The van der Waals surface area contributed by atoms with E-state index in [1.165, 1.54) is 0 Å². The smallest absolute Gasteiger partial charge is 0.333 e. The number of hydrogen-bond acceptors (Lipinski definition) is 4. The summed E-state index contributed by atoms with van der Waals surface area (Å²) in [7, 11) is 1.72. The van der Waals surface area contributed by atoms with Gasteiger partial charge in [-0.2, -0.15) is 0 Å². The van der Waals surface area contributed by atoms with Gasteiger partial charge in [0.2, 0.25) is 11.8 Å². The highest BCUT2D eigenvalue weighted by Crippen LogP contribution is 2.34. The molecule has 1 aromatic carbocycles. The largest absolute Gasteiger partial charge is 0.463 e. The van der Waals surface area contributed by atoms with E-state index in [-0.39, 0.29) is 41.1 Å². The third-order valence-corrected chi connectivity index (χ3v) is 6.63. The van der Waals surface area contributed by atoms with E-state index in [0.717, 1.165) is 5.56 Å². The van der Waals surface area contributed by atoms with Crippen molar-refractivity contribution in [1.82, 2.24) is 10.2 Å². The fourth-order valence-corrected chi connectivity index (χ4v) is 4.42. The van der Waals surface area contributed by atoms with Crippen LogP contribution in [-0.2, 0) is 24.5 Å². The lowest BCUT2D eigenvalue weighted by molar-refractivity contribution is -0.139. The van der Waals surface area contributed by atoms with Gasteiger partial charge in [0.15, 0.2) is 0 Å². The SMILES string of the molecule is CCOC(=O)/C(C)=C/[C@H](C(C)C)N(C)C(=O)C(CC)NC(=O)[C@@H](CC)C(C)(C)c1ccccc1. The Hall–Kier alpha value is -2.63. The third-order valence-electron chi connectivity index (χ3n) is 6.63. The van der Waals surface area contributed by atoms with Crippen molar-refractivity contribution in [3.8, 4) is 0 Å². The Balaban J connectivity index is 3.09. The maximum atomic E-state index is 13.4. The molecular weight excluding hydrogens is 428 g/mol. The Morgan fingerprint density at radius 3 is 2.12 bits per heavy atom. The van der Waals surface area contributed by atoms with Crippen LogP contribution >= 0.6 is 0 Å². The van der Waals surface area contributed by atoms with Gasteiger partial charge in [-0.3, -0.25) is 9.59 Å². The van der Waals surface area contributed by atoms with E-state index in [4.69, 9.17) is 4.74 Å². The number of nitrogens with zero attached hydrogens (tertiary/aromatic N) is 1. The molecule has 0 radical (unpaired) electrons. The van der Waals surface area contributed by atoms with Crippen molar-refractivity contribution >= 4 is 17.8 Å². The van der Waals surface area contributed by atoms with E-state index in [1.807, 2.05) is 58.0 Å². The first-order valence-corrected chi connectivity index (χ1v) is 12.4. The zero-order chi connectivity index (χ0) is 26.1. The van der Waals surface area contributed by atoms with Crippen molar-refractivity contribution in [2.75, 3.05) is 13.7 Å². The highest BCUT2D eigenvalue weighted by Gasteiger charge is 2.37. The third kappa shape index (κ3) is 7.44. The average molecular weight is 473 g/mol. The summed E-state index contributed by atoms with van der Waals surface area (Å²) in [6, 6.07) is 9.06. The molecular formula is C28H44N2O4. The van der Waals surface area contributed by atoms with E-state index in [0.29, 0.717) is 25.0 Å². The standard InChI is InChI=1S/C28H44N2O4/c1-10-22(28(7,8)21-16-14-13-15-17-21)25(31)29-23(11-2)26(32)30(9)24(19(4)5)18-20(6)27(33)34-12-3/h13-19,22-24H,10-12H2,1-9H3,(H,29,31)/b20-18+/t22-,23?,24-/m1/s1. The molecule has 34 heavy (non-hydrogen) atoms. The lowest BCUT2D eigenvalue weighted by Crippen LogP contribution is -2.53. The second kappa shape index (κ2) is 13.3. The van der Waals surface area contributed by atoms with E-state index in [9.17, 15) is 14.4 Å². The summed E-state index contributed by atoms with van der Waals surface area (Å²) in [6.45, 7) is 15.8. The van der Waals surface area contributed by atoms with Crippen LogP contribution < -0.4 is 5.32 Å². The molecule has 0 bridgehead atoms. The first-order valence-electron chi connectivity index (χ1n) is 12.4. The van der Waals surface area contributed by atoms with E-state index >= 15 is 0 Å². The molecule has 6 heteroatoms. The predicted octanol–water partition coefficient (Wildman–Crippen LogP) is 4.88. The van der Waals surface area contributed by atoms with Gasteiger partial charge in [-0.25, -0.2) is 4.79 Å². The molecule has 0 aliphatic heterocycles. The minimum absolute atomic E-state index is 0.0759. The molecule has 0 spiro atoms. The van der Waals surface area contributed by atoms with E-state index in [2.05, 4.69) is 19.2 Å². The summed E-state index contributed by atoms with van der Waals surface area (Å²) in [6.07, 6.45) is 2.91. The van der Waals surface area contributed by atoms with Crippen LogP contribution in [0, 0.1) is 11.8 Å². The number of hydrogen-bond donors (Lipinski definition) is 1. The molecule has 0 saturated carbocycles. The Bertz CT molecular complexity index is 845. The highest BCUT2D eigenvalue weighted by atomic mass is 16.5. The number of carbonyl (C=O) groups is 3. The fraction of sp³-hybridized carbons (Fsp3) is 0.607. The van der Waals surface area contributed by atoms with Gasteiger partial charge in [-0.15, -0.1) is 0 Å². The van der Waals surface area contributed by atoms with Gasteiger partial charge >= 0.3 is 5.97 Å². The Labute approximate surface area is 206 Å². The predicted molar refractivity (Wildman–Crippen MR) is 137 cm³/mol. The van der Waals surface area contributed by atoms with Gasteiger partial charge < -0.3 is 15.0 Å². The maximum absolute atomic E-state index is 13.4. The van der Waals surface area contributed by atoms with Crippen molar-refractivity contribution in [1.29, 1.82) is 0 Å². The van der Waals surface area contributed by atoms with Crippen molar-refractivity contribution < 1.29 is 19.1 Å². The fourth-order valence-electron chi connectivity index (χ4n) is 4.42. The number of nitrogens with one attached hydrogen (secondary N) is 1. The van der Waals surface area contributed by atoms with Crippen molar-refractivity contribution in [2.45, 2.75) is 85.7 Å². The monoisotopic (exact) mass is 472 g/mol. The number of carbonyl (C=O) groups excluding carboxylic acids is 3. The second-order valence-corrected chi connectivity index (χ2v) is 9.77. The molecule has 2 amide bonds. The Kier molecular flexibility index (Phi) is 11.5. The van der Waals surface area contributed by atoms with Crippen molar-refractivity contribution in [2.24, 2.45) is 11.8 Å². The summed E-state index contributed by atoms with van der Waals surface area (Å²) < 4.78 is 5.09. The van der Waals surface area contributed by atoms with Crippen LogP contribution in [-0.4, -0.2) is 48.4 Å². The van der Waals surface area contributed by atoms with E-state index < -0.39 is 6.04 Å². The molecule has 1 rings (SSSR count). The molecule has 0 aliphatic carbocycles. The summed E-state index contributed by atoms with van der Waals surface area (Å²) in [5.74, 6) is -0.886. The quantitative estimate of drug-likeness (QED) is 0.348. The van der Waals surface area contributed by atoms with Crippen LogP contribution in [0.5, 0.6) is 0 Å². The van der Waals surface area contributed by atoms with Gasteiger partial charge in [0, 0.05) is 24.0 Å². The molecule has 1 N–H and O–H groups in total. The van der Waals surface area contributed by atoms with Gasteiger partial charge in [0.1, 0.15) is 6.04 Å². The van der Waals surface area contributed by atoms with Crippen LogP contribution in [0.4, 0.5) is 0 Å². The number of amides is 2. The molecule has 1 unspecified atom stereocenters. The second-order valence-electron chi connectivity index (χ2n) is 9.77. The molecule has 0 heterocycles. The van der Waals surface area contributed by atoms with Crippen LogP contribution in [0.1, 0.15) is 73.8 Å². The zero-order valence-corrected chi connectivity index (χ0v) is 22.5. The number of rotatable bonds is 12. The molecule has 190 valence electrons. The van der Waals surface area contributed by atoms with Gasteiger partial charge in [-0.05, 0) is 38.2 Å². The van der Waals surface area contributed by atoms with Gasteiger partial charge in [0.25, 0.3) is 0 Å². The Morgan fingerprint density at radius 2 is 1.65 bits per heavy atom. The normalized spacial score (nSPS) is 14.8. The molecule has 1 aromatic rings. The number of benzene rings is 1. The molecule has 0 saturated heterocycles. The molecule has 0 aromatic heterocycles. The Morgan fingerprint density at radius 1 is 1.06 bits per heavy atom. The number of esters is 1. The summed E-state index contributed by atoms with van der Waals surface area (Å²) >= 11 is 0. The van der Waals surface area contributed by atoms with Crippen LogP contribution in [0.2, 0.25) is 0 Å². The summed E-state index contributed by atoms with van der Waals surface area (Å²) in [5.41, 5.74) is 1.17. The summed E-state index contributed by atoms with van der Waals surface area (Å²) in [5, 5.41) is 3.02. The van der Waals surface area contributed by atoms with Gasteiger partial charge in [0.05, 0.1) is 12.6 Å². The van der Waals surface area contributed by atoms with Crippen LogP contribution in [0.25, 0.3) is 0 Å². The molecule has 0 fully saturated rings. The molecule has 6 nitrogen and oxygen atoms in total. The first-order chi connectivity index (χ1) is 15.9. The lowest BCUT2D eigenvalue weighted by atomic mass is 9.71. The molecule has 0 aliphatic rings. The van der Waals surface area contributed by atoms with Crippen molar-refractivity contribution in [3.05, 3.63) is 47.5 Å². The number of likely N-dealkylation sites (N-methyl/N-ethyl adjacent to an activating group) is 1. The number of ether oxygens (including phenoxy) is 1. The average Bonchev–Trinajstić information content (AvgIpc) is 2.80. The highest BCUT2D eigenvalue weighted by molar-refractivity contribution is 5.90. The van der Waals surface area contributed by atoms with Crippen molar-refractivity contribution in [3.63, 3.8) is 0 Å². The first kappa shape index (κ1) is 29.4. The zero-order valence-electron chi connectivity index (χ0n) is 22.5. The van der Waals surface area contributed by atoms with E-state index in [1.54, 1.807) is 31.9 Å². The minimum Gasteiger partial charge on any atom is -0.463 e. The lowest BCUT2D eigenvalue weighted by Gasteiger charge is -2.36. The van der Waals surface area contributed by atoms with Gasteiger partial charge in [-0.1, -0.05) is 78.0 Å².